The largest absolute Gasteiger partial charge is 0.0925 e. The van der Waals surface area contributed by atoms with Crippen molar-refractivity contribution in [1.82, 2.24) is 0 Å². The summed E-state index contributed by atoms with van der Waals surface area (Å²) >= 11 is 7.07. The van der Waals surface area contributed by atoms with E-state index in [1.165, 1.54) is 17.3 Å². The maximum atomic E-state index is 3.55. The number of allylic oxidation sites excluding steroid dienone is 2. The van der Waals surface area contributed by atoms with Gasteiger partial charge in [-0.1, -0.05) is 44.9 Å². The predicted molar refractivity (Wildman–Crippen MR) is 52.7 cm³/mol. The van der Waals surface area contributed by atoms with Crippen LogP contribution in [0.3, 0.4) is 0 Å². The van der Waals surface area contributed by atoms with Gasteiger partial charge < -0.3 is 0 Å². The third-order valence-electron chi connectivity index (χ3n) is 1.87. The fourth-order valence-electron chi connectivity index (χ4n) is 1.45. The first-order valence-electron chi connectivity index (χ1n) is 3.64. The van der Waals surface area contributed by atoms with Crippen LogP contribution >= 0.6 is 31.9 Å². The molecule has 58 valence electrons. The van der Waals surface area contributed by atoms with Crippen LogP contribution in [0, 0.1) is 11.8 Å². The molecule has 0 nitrogen and oxygen atoms in total. The summed E-state index contributed by atoms with van der Waals surface area (Å²) in [7, 11) is 0. The molecule has 10 heavy (non-hydrogen) atoms. The van der Waals surface area contributed by atoms with Gasteiger partial charge in [0.1, 0.15) is 0 Å². The molecule has 0 bridgehead atoms. The van der Waals surface area contributed by atoms with Crippen molar-refractivity contribution in [2.24, 2.45) is 11.8 Å². The van der Waals surface area contributed by atoms with E-state index in [0.29, 0.717) is 0 Å². The maximum Gasteiger partial charge on any atom is 0.00632 e. The number of halogens is 2. The van der Waals surface area contributed by atoms with Gasteiger partial charge in [-0.25, -0.2) is 0 Å². The monoisotopic (exact) mass is 266 g/mol. The Kier molecular flexibility index (Phi) is 3.44. The highest BCUT2D eigenvalue weighted by molar-refractivity contribution is 9.11. The third-order valence-corrected chi connectivity index (χ3v) is 3.38. The second kappa shape index (κ2) is 3.91. The van der Waals surface area contributed by atoms with E-state index in [4.69, 9.17) is 0 Å². The molecule has 0 aromatic heterocycles. The maximum absolute atomic E-state index is 3.55. The molecule has 2 heteroatoms. The number of alkyl halides is 1. The molecule has 1 aliphatic rings. The minimum absolute atomic E-state index is 0.755. The molecule has 0 aliphatic heterocycles. The lowest BCUT2D eigenvalue weighted by molar-refractivity contribution is 0.455. The summed E-state index contributed by atoms with van der Waals surface area (Å²) in [4.78, 5) is 0. The zero-order chi connectivity index (χ0) is 7.56. The lowest BCUT2D eigenvalue weighted by Crippen LogP contribution is -2.11. The van der Waals surface area contributed by atoms with Gasteiger partial charge >= 0.3 is 0 Å². The van der Waals surface area contributed by atoms with Crippen LogP contribution in [-0.4, -0.2) is 5.33 Å². The molecule has 0 aromatic carbocycles. The van der Waals surface area contributed by atoms with E-state index in [2.05, 4.69) is 44.9 Å². The molecular weight excluding hydrogens is 256 g/mol. The Morgan fingerprint density at radius 3 is 2.90 bits per heavy atom. The number of hydrogen-bond donors (Lipinski definition) is 0. The topological polar surface area (TPSA) is 0 Å². The summed E-state index contributed by atoms with van der Waals surface area (Å²) in [5.41, 5.74) is 0. The molecule has 1 aliphatic carbocycles. The van der Waals surface area contributed by atoms with Crippen LogP contribution in [-0.2, 0) is 0 Å². The Morgan fingerprint density at radius 1 is 1.70 bits per heavy atom. The van der Waals surface area contributed by atoms with Crippen molar-refractivity contribution in [2.45, 2.75) is 19.8 Å². The molecule has 0 amide bonds. The van der Waals surface area contributed by atoms with Crippen molar-refractivity contribution < 1.29 is 0 Å². The second-order valence-corrected chi connectivity index (χ2v) is 4.72. The van der Waals surface area contributed by atoms with Gasteiger partial charge in [-0.15, -0.1) is 0 Å². The van der Waals surface area contributed by atoms with Crippen LogP contribution < -0.4 is 0 Å². The summed E-state index contributed by atoms with van der Waals surface area (Å²) in [5, 5.41) is 1.14. The van der Waals surface area contributed by atoms with Crippen LogP contribution in [0.2, 0.25) is 0 Å². The highest BCUT2D eigenvalue weighted by Gasteiger charge is 2.16. The quantitative estimate of drug-likeness (QED) is 0.636. The lowest BCUT2D eigenvalue weighted by Gasteiger charge is -2.22. The zero-order valence-electron chi connectivity index (χ0n) is 6.11. The van der Waals surface area contributed by atoms with Crippen molar-refractivity contribution in [3.8, 4) is 0 Å². The van der Waals surface area contributed by atoms with E-state index in [9.17, 15) is 0 Å². The Bertz CT molecular complexity index is 140. The van der Waals surface area contributed by atoms with Crippen molar-refractivity contribution in [1.29, 1.82) is 0 Å². The van der Waals surface area contributed by atoms with Gasteiger partial charge in [0, 0.05) is 5.33 Å². The first-order valence-corrected chi connectivity index (χ1v) is 5.56. The number of rotatable bonds is 1. The van der Waals surface area contributed by atoms with Crippen LogP contribution in [0.15, 0.2) is 10.6 Å². The van der Waals surface area contributed by atoms with E-state index in [1.54, 1.807) is 0 Å². The van der Waals surface area contributed by atoms with E-state index in [1.807, 2.05) is 0 Å². The summed E-state index contributed by atoms with van der Waals surface area (Å²) in [6.07, 6.45) is 4.87. The Balaban J connectivity index is 2.52. The predicted octanol–water partition coefficient (Wildman–Crippen LogP) is 3.71. The van der Waals surface area contributed by atoms with Crippen molar-refractivity contribution in [2.75, 3.05) is 5.33 Å². The first-order chi connectivity index (χ1) is 4.72. The van der Waals surface area contributed by atoms with Crippen LogP contribution in [0.1, 0.15) is 19.8 Å². The molecule has 0 spiro atoms. The first kappa shape index (κ1) is 8.79. The van der Waals surface area contributed by atoms with Gasteiger partial charge in [-0.05, 0) is 29.2 Å². The van der Waals surface area contributed by atoms with E-state index in [-0.39, 0.29) is 0 Å². The highest BCUT2D eigenvalue weighted by atomic mass is 79.9. The molecule has 0 N–H and O–H groups in total. The normalized spacial score (nSPS) is 33.7. The molecule has 2 unspecified atom stereocenters. The summed E-state index contributed by atoms with van der Waals surface area (Å²) < 4.78 is 1.38. The Morgan fingerprint density at radius 2 is 2.40 bits per heavy atom. The summed E-state index contributed by atoms with van der Waals surface area (Å²) in [6.45, 7) is 2.27. The Hall–Kier alpha value is 0.700. The Labute approximate surface area is 79.3 Å². The highest BCUT2D eigenvalue weighted by Crippen LogP contribution is 2.31. The minimum Gasteiger partial charge on any atom is -0.0925 e. The van der Waals surface area contributed by atoms with Gasteiger partial charge in [0.15, 0.2) is 0 Å². The van der Waals surface area contributed by atoms with Crippen LogP contribution in [0.5, 0.6) is 0 Å². The van der Waals surface area contributed by atoms with E-state index in [0.717, 1.165) is 17.2 Å². The zero-order valence-corrected chi connectivity index (χ0v) is 9.28. The molecule has 2 atom stereocenters. The van der Waals surface area contributed by atoms with Gasteiger partial charge in [0.25, 0.3) is 0 Å². The molecule has 0 saturated heterocycles. The minimum atomic E-state index is 0.755. The number of hydrogen-bond acceptors (Lipinski definition) is 0. The van der Waals surface area contributed by atoms with Gasteiger partial charge in [0.2, 0.25) is 0 Å². The molecule has 0 saturated carbocycles. The molecule has 0 radical (unpaired) electrons. The van der Waals surface area contributed by atoms with Gasteiger partial charge in [0.05, 0.1) is 0 Å². The fourth-order valence-corrected chi connectivity index (χ4v) is 2.85. The van der Waals surface area contributed by atoms with E-state index >= 15 is 0 Å². The summed E-state index contributed by atoms with van der Waals surface area (Å²) in [5.74, 6) is 1.60. The molecule has 0 fully saturated rings. The summed E-state index contributed by atoms with van der Waals surface area (Å²) in [6, 6.07) is 0. The second-order valence-electron chi connectivity index (χ2n) is 3.05. The SMILES string of the molecule is CC1C=C(Br)CC(CBr)C1. The van der Waals surface area contributed by atoms with Crippen molar-refractivity contribution in [3.05, 3.63) is 10.6 Å². The van der Waals surface area contributed by atoms with Crippen LogP contribution in [0.4, 0.5) is 0 Å². The molecule has 0 aromatic rings. The molecular formula is C8H12Br2. The van der Waals surface area contributed by atoms with Crippen LogP contribution in [0.25, 0.3) is 0 Å². The van der Waals surface area contributed by atoms with Gasteiger partial charge in [-0.2, -0.15) is 0 Å². The van der Waals surface area contributed by atoms with E-state index < -0.39 is 0 Å². The van der Waals surface area contributed by atoms with Crippen molar-refractivity contribution >= 4 is 31.9 Å². The molecule has 1 rings (SSSR count). The smallest absolute Gasteiger partial charge is 0.00632 e. The molecule has 0 heterocycles. The van der Waals surface area contributed by atoms with Crippen molar-refractivity contribution in [3.63, 3.8) is 0 Å². The standard InChI is InChI=1S/C8H12Br2/c1-6-2-7(5-9)4-8(10)3-6/h3,6-7H,2,4-5H2,1H3. The fraction of sp³-hybridized carbons (Fsp3) is 0.750. The average Bonchev–Trinajstić information content (AvgIpc) is 1.85. The average molecular weight is 268 g/mol. The lowest BCUT2D eigenvalue weighted by atomic mass is 9.89. The van der Waals surface area contributed by atoms with Gasteiger partial charge in [-0.3, -0.25) is 0 Å². The third kappa shape index (κ3) is 2.39.